The Bertz CT molecular complexity index is 194. The lowest BCUT2D eigenvalue weighted by Crippen LogP contribution is -2.38. The SMILES string of the molecule is CC(C)N(CC1CC1)CC1(CS)CC1. The van der Waals surface area contributed by atoms with E-state index < -0.39 is 0 Å². The van der Waals surface area contributed by atoms with Gasteiger partial charge in [-0.1, -0.05) is 0 Å². The summed E-state index contributed by atoms with van der Waals surface area (Å²) in [7, 11) is 0. The van der Waals surface area contributed by atoms with Gasteiger partial charge < -0.3 is 4.90 Å². The smallest absolute Gasteiger partial charge is 0.00486 e. The van der Waals surface area contributed by atoms with Crippen molar-refractivity contribution in [1.82, 2.24) is 4.90 Å². The molecule has 0 aromatic carbocycles. The molecule has 0 heterocycles. The Labute approximate surface area is 93.7 Å². The molecule has 2 rings (SSSR count). The van der Waals surface area contributed by atoms with Crippen LogP contribution in [0, 0.1) is 11.3 Å². The molecule has 2 aliphatic carbocycles. The van der Waals surface area contributed by atoms with E-state index in [2.05, 4.69) is 31.4 Å². The second kappa shape index (κ2) is 4.05. The van der Waals surface area contributed by atoms with E-state index >= 15 is 0 Å². The minimum absolute atomic E-state index is 0.599. The van der Waals surface area contributed by atoms with E-state index in [0.717, 1.165) is 11.7 Å². The molecule has 0 atom stereocenters. The van der Waals surface area contributed by atoms with Crippen molar-refractivity contribution in [3.63, 3.8) is 0 Å². The highest BCUT2D eigenvalue weighted by Crippen LogP contribution is 2.47. The van der Waals surface area contributed by atoms with Crippen molar-refractivity contribution < 1.29 is 0 Å². The average molecular weight is 213 g/mol. The van der Waals surface area contributed by atoms with Crippen LogP contribution in [0.15, 0.2) is 0 Å². The van der Waals surface area contributed by atoms with Crippen LogP contribution in [0.25, 0.3) is 0 Å². The Morgan fingerprint density at radius 3 is 2.36 bits per heavy atom. The molecule has 0 spiro atoms. The summed E-state index contributed by atoms with van der Waals surface area (Å²) in [6, 6.07) is 0.716. The number of thiol groups is 1. The van der Waals surface area contributed by atoms with Crippen LogP contribution in [0.4, 0.5) is 0 Å². The van der Waals surface area contributed by atoms with Crippen LogP contribution in [-0.4, -0.2) is 29.8 Å². The van der Waals surface area contributed by atoms with Crippen LogP contribution in [0.3, 0.4) is 0 Å². The quantitative estimate of drug-likeness (QED) is 0.664. The van der Waals surface area contributed by atoms with Gasteiger partial charge in [-0.15, -0.1) is 0 Å². The van der Waals surface area contributed by atoms with E-state index in [-0.39, 0.29) is 0 Å². The fourth-order valence-electron chi connectivity index (χ4n) is 2.06. The first kappa shape index (κ1) is 10.8. The molecule has 2 aliphatic rings. The highest BCUT2D eigenvalue weighted by atomic mass is 32.1. The van der Waals surface area contributed by atoms with Crippen LogP contribution in [0.2, 0.25) is 0 Å². The normalized spacial score (nSPS) is 24.6. The molecule has 0 bridgehead atoms. The summed E-state index contributed by atoms with van der Waals surface area (Å²) in [4.78, 5) is 2.68. The van der Waals surface area contributed by atoms with Crippen molar-refractivity contribution in [3.8, 4) is 0 Å². The van der Waals surface area contributed by atoms with Crippen molar-refractivity contribution in [2.24, 2.45) is 11.3 Å². The molecule has 82 valence electrons. The maximum Gasteiger partial charge on any atom is 0.00486 e. The van der Waals surface area contributed by atoms with Crippen LogP contribution in [0.1, 0.15) is 39.5 Å². The lowest BCUT2D eigenvalue weighted by atomic mass is 10.1. The van der Waals surface area contributed by atoms with E-state index in [9.17, 15) is 0 Å². The van der Waals surface area contributed by atoms with Crippen LogP contribution >= 0.6 is 12.6 Å². The summed E-state index contributed by atoms with van der Waals surface area (Å²) in [6.45, 7) is 7.30. The summed E-state index contributed by atoms with van der Waals surface area (Å²) in [5.74, 6) is 2.11. The van der Waals surface area contributed by atoms with Gasteiger partial charge in [0.25, 0.3) is 0 Å². The fourth-order valence-corrected chi connectivity index (χ4v) is 2.48. The van der Waals surface area contributed by atoms with Gasteiger partial charge in [0.15, 0.2) is 0 Å². The van der Waals surface area contributed by atoms with Gasteiger partial charge in [0, 0.05) is 19.1 Å². The summed E-state index contributed by atoms with van der Waals surface area (Å²) >= 11 is 4.49. The van der Waals surface area contributed by atoms with Crippen LogP contribution in [0.5, 0.6) is 0 Å². The third kappa shape index (κ3) is 2.66. The zero-order valence-electron chi connectivity index (χ0n) is 9.50. The van der Waals surface area contributed by atoms with E-state index in [1.807, 2.05) is 0 Å². The fraction of sp³-hybridized carbons (Fsp3) is 1.00. The largest absolute Gasteiger partial charge is 0.300 e. The Balaban J connectivity index is 1.83. The van der Waals surface area contributed by atoms with Crippen molar-refractivity contribution >= 4 is 12.6 Å². The minimum atomic E-state index is 0.599. The molecule has 0 saturated heterocycles. The number of hydrogen-bond donors (Lipinski definition) is 1. The summed E-state index contributed by atoms with van der Waals surface area (Å²) in [5.41, 5.74) is 0.599. The Hall–Kier alpha value is 0.310. The van der Waals surface area contributed by atoms with Gasteiger partial charge in [-0.3, -0.25) is 0 Å². The second-order valence-corrected chi connectivity index (χ2v) is 5.94. The molecular weight excluding hydrogens is 190 g/mol. The van der Waals surface area contributed by atoms with Gasteiger partial charge >= 0.3 is 0 Å². The van der Waals surface area contributed by atoms with E-state index in [4.69, 9.17) is 0 Å². The predicted molar refractivity (Wildman–Crippen MR) is 65.0 cm³/mol. The Morgan fingerprint density at radius 2 is 2.00 bits per heavy atom. The summed E-state index contributed by atoms with van der Waals surface area (Å²) in [6.07, 6.45) is 5.75. The van der Waals surface area contributed by atoms with Crippen molar-refractivity contribution in [2.45, 2.75) is 45.6 Å². The van der Waals surface area contributed by atoms with Crippen molar-refractivity contribution in [3.05, 3.63) is 0 Å². The second-order valence-electron chi connectivity index (χ2n) is 5.62. The molecule has 0 amide bonds. The highest BCUT2D eigenvalue weighted by Gasteiger charge is 2.43. The van der Waals surface area contributed by atoms with Gasteiger partial charge in [-0.05, 0) is 56.6 Å². The predicted octanol–water partition coefficient (Wildman–Crippen LogP) is 2.82. The molecule has 2 saturated carbocycles. The molecule has 0 aliphatic heterocycles. The molecule has 2 heteroatoms. The molecule has 0 aromatic rings. The van der Waals surface area contributed by atoms with Gasteiger partial charge in [0.05, 0.1) is 0 Å². The maximum atomic E-state index is 4.49. The van der Waals surface area contributed by atoms with Crippen LogP contribution < -0.4 is 0 Å². The first-order chi connectivity index (χ1) is 6.65. The van der Waals surface area contributed by atoms with E-state index in [1.54, 1.807) is 0 Å². The summed E-state index contributed by atoms with van der Waals surface area (Å²) in [5, 5.41) is 0. The highest BCUT2D eigenvalue weighted by molar-refractivity contribution is 7.80. The summed E-state index contributed by atoms with van der Waals surface area (Å²) < 4.78 is 0. The van der Waals surface area contributed by atoms with Crippen molar-refractivity contribution in [2.75, 3.05) is 18.8 Å². The van der Waals surface area contributed by atoms with Gasteiger partial charge in [-0.25, -0.2) is 0 Å². The molecular formula is C12H23NS. The van der Waals surface area contributed by atoms with Crippen LogP contribution in [-0.2, 0) is 0 Å². The van der Waals surface area contributed by atoms with Crippen molar-refractivity contribution in [1.29, 1.82) is 0 Å². The average Bonchev–Trinajstić information content (AvgIpc) is 2.98. The Kier molecular flexibility index (Phi) is 3.13. The zero-order valence-corrected chi connectivity index (χ0v) is 10.4. The number of rotatable bonds is 6. The molecule has 14 heavy (non-hydrogen) atoms. The topological polar surface area (TPSA) is 3.24 Å². The first-order valence-electron chi connectivity index (χ1n) is 6.00. The first-order valence-corrected chi connectivity index (χ1v) is 6.63. The molecule has 0 aromatic heterocycles. The minimum Gasteiger partial charge on any atom is -0.300 e. The van der Waals surface area contributed by atoms with Gasteiger partial charge in [0.2, 0.25) is 0 Å². The lowest BCUT2D eigenvalue weighted by molar-refractivity contribution is 0.178. The molecule has 0 N–H and O–H groups in total. The maximum absolute atomic E-state index is 4.49. The lowest BCUT2D eigenvalue weighted by Gasteiger charge is -2.30. The molecule has 0 radical (unpaired) electrons. The Morgan fingerprint density at radius 1 is 1.36 bits per heavy atom. The molecule has 2 fully saturated rings. The zero-order chi connectivity index (χ0) is 10.2. The van der Waals surface area contributed by atoms with E-state index in [0.29, 0.717) is 11.5 Å². The van der Waals surface area contributed by atoms with Gasteiger partial charge in [0.1, 0.15) is 0 Å². The van der Waals surface area contributed by atoms with Gasteiger partial charge in [-0.2, -0.15) is 12.6 Å². The standard InChI is InChI=1S/C12H23NS/c1-10(2)13(7-11-3-4-11)8-12(9-14)5-6-12/h10-11,14H,3-9H2,1-2H3. The third-order valence-electron chi connectivity index (χ3n) is 3.75. The monoisotopic (exact) mass is 213 g/mol. The molecule has 0 unspecified atom stereocenters. The number of hydrogen-bond acceptors (Lipinski definition) is 2. The third-order valence-corrected chi connectivity index (χ3v) is 4.42. The number of nitrogens with zero attached hydrogens (tertiary/aromatic N) is 1. The molecule has 1 nitrogen and oxygen atoms in total. The van der Waals surface area contributed by atoms with E-state index in [1.165, 1.54) is 38.8 Å².